The number of nitrogens with zero attached hydrogens (tertiary/aromatic N) is 1. The van der Waals surface area contributed by atoms with Crippen molar-refractivity contribution >= 4 is 11.0 Å². The molecule has 96 valence electrons. The van der Waals surface area contributed by atoms with E-state index in [4.69, 9.17) is 0 Å². The number of pyridine rings is 1. The van der Waals surface area contributed by atoms with E-state index in [0.717, 1.165) is 23.0 Å². The first-order valence-corrected chi connectivity index (χ1v) is 6.51. The molecule has 2 N–H and O–H groups in total. The lowest BCUT2D eigenvalue weighted by atomic mass is 9.89. The summed E-state index contributed by atoms with van der Waals surface area (Å²) < 4.78 is 0. The maximum atomic E-state index is 10.1. The maximum Gasteiger partial charge on any atom is 0.141 e. The van der Waals surface area contributed by atoms with E-state index < -0.39 is 0 Å². The average Bonchev–Trinajstić information content (AvgIpc) is 2.86. The van der Waals surface area contributed by atoms with Crippen molar-refractivity contribution in [1.82, 2.24) is 9.97 Å². The molecule has 0 aliphatic rings. The third-order valence-electron chi connectivity index (χ3n) is 3.57. The fraction of sp³-hybridized carbons (Fsp3) is 0.188. The van der Waals surface area contributed by atoms with Crippen LogP contribution in [0.2, 0.25) is 0 Å². The Balaban J connectivity index is 2.17. The zero-order valence-corrected chi connectivity index (χ0v) is 10.8. The minimum atomic E-state index is 0.269. The van der Waals surface area contributed by atoms with E-state index >= 15 is 0 Å². The number of aromatic amines is 1. The zero-order valence-electron chi connectivity index (χ0n) is 10.8. The average molecular weight is 252 g/mol. The normalized spacial score (nSPS) is 12.7. The van der Waals surface area contributed by atoms with Crippen molar-refractivity contribution in [3.8, 4) is 5.75 Å². The highest BCUT2D eigenvalue weighted by Gasteiger charge is 2.18. The van der Waals surface area contributed by atoms with Crippen LogP contribution in [0.5, 0.6) is 5.75 Å². The highest BCUT2D eigenvalue weighted by Crippen LogP contribution is 2.36. The van der Waals surface area contributed by atoms with Gasteiger partial charge >= 0.3 is 0 Å². The molecule has 3 aromatic rings. The highest BCUT2D eigenvalue weighted by molar-refractivity contribution is 5.86. The molecule has 1 atom stereocenters. The minimum absolute atomic E-state index is 0.269. The van der Waals surface area contributed by atoms with Gasteiger partial charge in [-0.3, -0.25) is 0 Å². The smallest absolute Gasteiger partial charge is 0.141 e. The van der Waals surface area contributed by atoms with Crippen LogP contribution in [0.1, 0.15) is 30.4 Å². The van der Waals surface area contributed by atoms with Gasteiger partial charge in [0.1, 0.15) is 11.4 Å². The van der Waals surface area contributed by atoms with E-state index in [2.05, 4.69) is 29.0 Å². The van der Waals surface area contributed by atoms with Gasteiger partial charge in [0.25, 0.3) is 0 Å². The summed E-state index contributed by atoms with van der Waals surface area (Å²) in [5.41, 5.74) is 3.10. The van der Waals surface area contributed by atoms with Crippen LogP contribution < -0.4 is 0 Å². The van der Waals surface area contributed by atoms with Gasteiger partial charge in [-0.25, -0.2) is 4.98 Å². The summed E-state index contributed by atoms with van der Waals surface area (Å²) in [5.74, 6) is 0.556. The molecule has 0 saturated heterocycles. The highest BCUT2D eigenvalue weighted by atomic mass is 16.3. The van der Waals surface area contributed by atoms with E-state index in [1.807, 2.05) is 24.4 Å². The SMILES string of the molecule is CCC(c1ccccc1)c1c[nH]c2nccc(O)c12. The van der Waals surface area contributed by atoms with E-state index in [1.54, 1.807) is 12.3 Å². The van der Waals surface area contributed by atoms with Gasteiger partial charge < -0.3 is 10.1 Å². The molecule has 0 spiro atoms. The second-order valence-corrected chi connectivity index (χ2v) is 4.67. The number of aromatic hydroxyl groups is 1. The fourth-order valence-electron chi connectivity index (χ4n) is 2.66. The van der Waals surface area contributed by atoms with Gasteiger partial charge in [0, 0.05) is 18.3 Å². The van der Waals surface area contributed by atoms with Crippen molar-refractivity contribution in [2.75, 3.05) is 0 Å². The monoisotopic (exact) mass is 252 g/mol. The number of hydrogen-bond donors (Lipinski definition) is 2. The first kappa shape index (κ1) is 11.8. The van der Waals surface area contributed by atoms with E-state index in [9.17, 15) is 5.11 Å². The van der Waals surface area contributed by atoms with Crippen LogP contribution in [0.25, 0.3) is 11.0 Å². The number of H-pyrrole nitrogens is 1. The molecule has 3 nitrogen and oxygen atoms in total. The van der Waals surface area contributed by atoms with Crippen LogP contribution in [0.3, 0.4) is 0 Å². The first-order valence-electron chi connectivity index (χ1n) is 6.51. The second kappa shape index (κ2) is 4.76. The summed E-state index contributed by atoms with van der Waals surface area (Å²) in [5, 5.41) is 10.9. The predicted octanol–water partition coefficient (Wildman–Crippen LogP) is 3.81. The molecule has 2 aromatic heterocycles. The quantitative estimate of drug-likeness (QED) is 0.744. The van der Waals surface area contributed by atoms with Crippen molar-refractivity contribution in [3.05, 3.63) is 59.9 Å². The third-order valence-corrected chi connectivity index (χ3v) is 3.57. The number of fused-ring (bicyclic) bond motifs is 1. The van der Waals surface area contributed by atoms with Crippen molar-refractivity contribution in [3.63, 3.8) is 0 Å². The van der Waals surface area contributed by atoms with Crippen molar-refractivity contribution in [2.45, 2.75) is 19.3 Å². The molecular formula is C16H16N2O. The van der Waals surface area contributed by atoms with Crippen LogP contribution >= 0.6 is 0 Å². The summed E-state index contributed by atoms with van der Waals surface area (Å²) in [4.78, 5) is 7.40. The Bertz CT molecular complexity index is 688. The third kappa shape index (κ3) is 1.97. The molecule has 0 aliphatic carbocycles. The van der Waals surface area contributed by atoms with E-state index in [1.165, 1.54) is 5.56 Å². The molecule has 0 bridgehead atoms. The predicted molar refractivity (Wildman–Crippen MR) is 76.3 cm³/mol. The minimum Gasteiger partial charge on any atom is -0.507 e. The Morgan fingerprint density at radius 1 is 1.21 bits per heavy atom. The molecule has 19 heavy (non-hydrogen) atoms. The molecule has 0 amide bonds. The Morgan fingerprint density at radius 2 is 2.00 bits per heavy atom. The molecule has 0 fully saturated rings. The molecule has 0 radical (unpaired) electrons. The lowest BCUT2D eigenvalue weighted by Gasteiger charge is -2.15. The summed E-state index contributed by atoms with van der Waals surface area (Å²) in [6.07, 6.45) is 4.55. The number of nitrogens with one attached hydrogen (secondary N) is 1. The lowest BCUT2D eigenvalue weighted by molar-refractivity contribution is 0.480. The van der Waals surface area contributed by atoms with Crippen LogP contribution in [-0.4, -0.2) is 15.1 Å². The molecule has 3 heteroatoms. The largest absolute Gasteiger partial charge is 0.507 e. The van der Waals surface area contributed by atoms with Crippen LogP contribution in [-0.2, 0) is 0 Å². The second-order valence-electron chi connectivity index (χ2n) is 4.67. The summed E-state index contributed by atoms with van der Waals surface area (Å²) in [7, 11) is 0. The van der Waals surface area contributed by atoms with Crippen molar-refractivity contribution in [1.29, 1.82) is 0 Å². The van der Waals surface area contributed by atoms with Gasteiger partial charge in [0.05, 0.1) is 5.39 Å². The Labute approximate surface area is 111 Å². The first-order chi connectivity index (χ1) is 9.31. The van der Waals surface area contributed by atoms with Gasteiger partial charge in [-0.15, -0.1) is 0 Å². The maximum absolute atomic E-state index is 10.1. The van der Waals surface area contributed by atoms with Crippen LogP contribution in [0, 0.1) is 0 Å². The van der Waals surface area contributed by atoms with Crippen LogP contribution in [0.4, 0.5) is 0 Å². The number of hydrogen-bond acceptors (Lipinski definition) is 2. The Morgan fingerprint density at radius 3 is 2.74 bits per heavy atom. The van der Waals surface area contributed by atoms with Crippen LogP contribution in [0.15, 0.2) is 48.8 Å². The fourth-order valence-corrected chi connectivity index (χ4v) is 2.66. The molecule has 1 unspecified atom stereocenters. The topological polar surface area (TPSA) is 48.9 Å². The van der Waals surface area contributed by atoms with Gasteiger partial charge in [-0.05, 0) is 23.6 Å². The van der Waals surface area contributed by atoms with Crippen molar-refractivity contribution < 1.29 is 5.11 Å². The molecule has 1 aromatic carbocycles. The molecule has 2 heterocycles. The standard InChI is InChI=1S/C16H16N2O/c1-2-12(11-6-4-3-5-7-11)13-10-18-16-15(13)14(19)8-9-17-16/h3-10,12H,2H2,1H3,(H2,17,18,19). The van der Waals surface area contributed by atoms with Gasteiger partial charge in [-0.2, -0.15) is 0 Å². The molecule has 0 aliphatic heterocycles. The van der Waals surface area contributed by atoms with Gasteiger partial charge in [0.15, 0.2) is 0 Å². The molecule has 3 rings (SSSR count). The Kier molecular flexibility index (Phi) is 2.95. The van der Waals surface area contributed by atoms with E-state index in [-0.39, 0.29) is 11.7 Å². The summed E-state index contributed by atoms with van der Waals surface area (Å²) >= 11 is 0. The molecular weight excluding hydrogens is 236 g/mol. The number of rotatable bonds is 3. The van der Waals surface area contributed by atoms with E-state index in [0.29, 0.717) is 0 Å². The Hall–Kier alpha value is -2.29. The number of benzene rings is 1. The molecule has 0 saturated carbocycles. The van der Waals surface area contributed by atoms with Crippen molar-refractivity contribution in [2.24, 2.45) is 0 Å². The zero-order chi connectivity index (χ0) is 13.2. The lowest BCUT2D eigenvalue weighted by Crippen LogP contribution is -1.98. The summed E-state index contributed by atoms with van der Waals surface area (Å²) in [6, 6.07) is 12.0. The van der Waals surface area contributed by atoms with Gasteiger partial charge in [0.2, 0.25) is 0 Å². The van der Waals surface area contributed by atoms with Gasteiger partial charge in [-0.1, -0.05) is 37.3 Å². The number of aromatic nitrogens is 2. The summed E-state index contributed by atoms with van der Waals surface area (Å²) in [6.45, 7) is 2.16.